The summed E-state index contributed by atoms with van der Waals surface area (Å²) in [6.45, 7) is -8.47. The Labute approximate surface area is 325 Å². The molecule has 4 aliphatic rings. The molecule has 0 atom stereocenters. The van der Waals surface area contributed by atoms with Crippen LogP contribution in [-0.2, 0) is 14.2 Å². The first kappa shape index (κ1) is 25.3. The summed E-state index contributed by atoms with van der Waals surface area (Å²) in [6.07, 6.45) is 1.16. The summed E-state index contributed by atoms with van der Waals surface area (Å²) in [5, 5.41) is 13.0. The molecule has 0 saturated carbocycles. The minimum absolute atomic E-state index is 0.0707. The van der Waals surface area contributed by atoms with Crippen LogP contribution in [0, 0.1) is 17.5 Å². The van der Waals surface area contributed by atoms with E-state index >= 15 is 13.2 Å². The Hall–Kier alpha value is -3.71. The van der Waals surface area contributed by atoms with Gasteiger partial charge < -0.3 is 29.0 Å². The van der Waals surface area contributed by atoms with Crippen LogP contribution in [0.4, 0.5) is 18.9 Å². The normalized spacial score (nSPS) is 26.6. The summed E-state index contributed by atoms with van der Waals surface area (Å²) < 4.78 is 165. The molecule has 0 N–H and O–H groups in total. The quantitative estimate of drug-likeness (QED) is 0.0573. The van der Waals surface area contributed by atoms with Gasteiger partial charge in [0.25, 0.3) is 0 Å². The number of carboxylic acids is 1. The highest BCUT2D eigenvalue weighted by molar-refractivity contribution is 6.98. The van der Waals surface area contributed by atoms with Crippen molar-refractivity contribution in [3.63, 3.8) is 0 Å². The van der Waals surface area contributed by atoms with Gasteiger partial charge in [0.1, 0.15) is 44.5 Å². The van der Waals surface area contributed by atoms with Crippen LogP contribution in [0.3, 0.4) is 0 Å². The highest BCUT2D eigenvalue weighted by atomic mass is 35.5. The summed E-state index contributed by atoms with van der Waals surface area (Å²) in [6, 6.07) is 3.59. The molecule has 3 aliphatic heterocycles. The average Bonchev–Trinajstić information content (AvgIpc) is 3.19. The Morgan fingerprint density at radius 3 is 2.35 bits per heavy atom. The van der Waals surface area contributed by atoms with E-state index in [1.165, 1.54) is 24.3 Å². The molecule has 2 aromatic carbocycles. The molecule has 0 spiro atoms. The van der Waals surface area contributed by atoms with Crippen molar-refractivity contribution in [2.75, 3.05) is 69.8 Å². The molecule has 0 radical (unpaired) electrons. The third kappa shape index (κ3) is 7.53. The van der Waals surface area contributed by atoms with Crippen molar-refractivity contribution in [1.82, 2.24) is 0 Å². The van der Waals surface area contributed by atoms with E-state index in [9.17, 15) is 14.7 Å². The molecular weight excluding hydrogens is 713 g/mol. The van der Waals surface area contributed by atoms with Crippen LogP contribution in [0.5, 0.6) is 0 Å². The van der Waals surface area contributed by atoms with Crippen LogP contribution in [0.15, 0.2) is 47.2 Å². The Morgan fingerprint density at radius 1 is 0.923 bits per heavy atom. The van der Waals surface area contributed by atoms with Gasteiger partial charge in [0, 0.05) is 65.4 Å². The van der Waals surface area contributed by atoms with Crippen molar-refractivity contribution in [2.45, 2.75) is 51.5 Å². The van der Waals surface area contributed by atoms with Gasteiger partial charge in [-0.1, -0.05) is 32.0 Å². The van der Waals surface area contributed by atoms with Crippen LogP contribution in [-0.4, -0.2) is 95.2 Å². The number of benzene rings is 2. The zero-order chi connectivity index (χ0) is 47.7. The van der Waals surface area contributed by atoms with Crippen molar-refractivity contribution < 1.29 is 63.1 Å². The lowest BCUT2D eigenvalue weighted by atomic mass is 9.85. The Balaban J connectivity index is 1.47. The highest BCUT2D eigenvalue weighted by Gasteiger charge is 2.43. The number of anilines is 1. The fourth-order valence-corrected chi connectivity index (χ4v) is 9.62. The number of carbonyl (C=O) groups excluding carboxylic acids is 2. The average molecular weight is 769 g/mol. The fourth-order valence-electron chi connectivity index (χ4n) is 6.36. The first-order chi connectivity index (χ1) is 29.6. The third-order valence-electron chi connectivity index (χ3n) is 9.06. The van der Waals surface area contributed by atoms with Crippen molar-refractivity contribution in [1.29, 1.82) is 0 Å². The number of halogens is 4. The van der Waals surface area contributed by atoms with Gasteiger partial charge in [-0.2, -0.15) is 0 Å². The second-order valence-electron chi connectivity index (χ2n) is 12.6. The maximum absolute atomic E-state index is 17.2. The van der Waals surface area contributed by atoms with E-state index in [-0.39, 0.29) is 52.7 Å². The summed E-state index contributed by atoms with van der Waals surface area (Å²) in [7, 11) is -3.48. The molecule has 2 fully saturated rings. The first-order valence-corrected chi connectivity index (χ1v) is 20.2. The molecule has 8 nitrogen and oxygen atoms in total. The third-order valence-corrected chi connectivity index (χ3v) is 12.9. The molecule has 0 unspecified atom stereocenters. The number of nitrogens with zero attached hydrogens (tertiary/aromatic N) is 2. The molecule has 52 heavy (non-hydrogen) atoms. The fraction of sp³-hybridized carbons (Fsp3) is 0.462. The largest absolute Gasteiger partial charge is 0.545 e. The van der Waals surface area contributed by atoms with Crippen LogP contribution < -0.4 is 15.2 Å². The SMILES string of the molecule is [2H]C1([2H])N(c2ccc3c(c2)[Si](C)(C)C2=CC(=[N+]4C([2H])([2H])C([2H])([2H])C4([2H])[2H])C=CC2=C3c2c(F)c(C(=O)OCCOCCOCCCCCCCl)c(F)c(F)c2C(=O)[O-])C([2H])([2H])C1([2H])[2H]. The van der Waals surface area contributed by atoms with E-state index in [1.54, 1.807) is 13.1 Å². The summed E-state index contributed by atoms with van der Waals surface area (Å²) in [5.74, 6) is -9.86. The van der Waals surface area contributed by atoms with Gasteiger partial charge in [0.2, 0.25) is 0 Å². The zero-order valence-corrected chi connectivity index (χ0v) is 30.1. The lowest BCUT2D eigenvalue weighted by Crippen LogP contribution is -2.50. The zero-order valence-electron chi connectivity index (χ0n) is 40.4. The van der Waals surface area contributed by atoms with Gasteiger partial charge in [0.05, 0.1) is 32.2 Å². The van der Waals surface area contributed by atoms with Crippen LogP contribution >= 0.6 is 11.6 Å². The number of carbonyl (C=O) groups is 2. The maximum Gasteiger partial charge on any atom is 0.344 e. The summed E-state index contributed by atoms with van der Waals surface area (Å²) in [5.41, 5.74) is -5.55. The number of unbranched alkanes of at least 4 members (excludes halogenated alkanes) is 3. The van der Waals surface area contributed by atoms with E-state index in [0.717, 1.165) is 37.8 Å². The lowest BCUT2D eigenvalue weighted by molar-refractivity contribution is -0.582. The molecule has 0 bridgehead atoms. The van der Waals surface area contributed by atoms with Gasteiger partial charge in [-0.3, -0.25) is 0 Å². The number of fused-ring (bicyclic) bond motifs is 2. The molecule has 1 aliphatic carbocycles. The van der Waals surface area contributed by atoms with Gasteiger partial charge in [-0.05, 0) is 64.5 Å². The molecular formula is C39H44ClF3N2O6Si. The van der Waals surface area contributed by atoms with Gasteiger partial charge in [0.15, 0.2) is 17.3 Å². The van der Waals surface area contributed by atoms with Gasteiger partial charge >= 0.3 is 5.97 Å². The molecule has 6 rings (SSSR count). The number of alkyl halides is 1. The molecule has 278 valence electrons. The second-order valence-corrected chi connectivity index (χ2v) is 17.4. The van der Waals surface area contributed by atoms with E-state index in [2.05, 4.69) is 0 Å². The first-order valence-electron chi connectivity index (χ1n) is 22.7. The van der Waals surface area contributed by atoms with E-state index < -0.39 is 105 Å². The highest BCUT2D eigenvalue weighted by Crippen LogP contribution is 2.45. The second kappa shape index (κ2) is 16.5. The molecule has 0 amide bonds. The number of aromatic carboxylic acids is 1. The number of hydrogen-bond acceptors (Lipinski definition) is 7. The summed E-state index contributed by atoms with van der Waals surface area (Å²) >= 11 is 5.66. The Kier molecular flexibility index (Phi) is 8.05. The minimum Gasteiger partial charge on any atom is -0.545 e. The molecule has 3 heterocycles. The molecule has 13 heteroatoms. The molecule has 0 aromatic heterocycles. The lowest BCUT2D eigenvalue weighted by Gasteiger charge is -2.40. The molecule has 2 aromatic rings. The standard InChI is InChI=1S/C39H44ClF3N2O6Si/c1-52(2)29-23-25(44-14-7-15-44)9-11-27(29)31(28-12-10-26(24-30(28)52)45-16-8-17-45)32-33(38(46)47)36(42)37(43)34(35(32)41)39(48)51-22-21-50-20-19-49-18-6-4-3-5-13-40/h9-12,23-24H,3-8,13-22H2,1-2H3/i7D2,8D2,14D2,15D2,16D2,17D2. The minimum atomic E-state index is -3.48. The van der Waals surface area contributed by atoms with Crippen molar-refractivity contribution in [3.05, 3.63) is 86.9 Å². The predicted octanol–water partition coefficient (Wildman–Crippen LogP) is 5.29. The number of hydrogen-bond donors (Lipinski definition) is 0. The Morgan fingerprint density at radius 2 is 1.62 bits per heavy atom. The van der Waals surface area contributed by atoms with Gasteiger partial charge in [-0.15, -0.1) is 11.6 Å². The number of esters is 1. The molecule has 2 saturated heterocycles. The maximum atomic E-state index is 17.2. The van der Waals surface area contributed by atoms with Crippen molar-refractivity contribution in [3.8, 4) is 0 Å². The number of ether oxygens (including phenoxy) is 3. The van der Waals surface area contributed by atoms with E-state index in [1.807, 2.05) is 0 Å². The smallest absolute Gasteiger partial charge is 0.344 e. The van der Waals surface area contributed by atoms with Crippen LogP contribution in [0.1, 0.15) is 86.7 Å². The van der Waals surface area contributed by atoms with E-state index in [4.69, 9.17) is 42.3 Å². The van der Waals surface area contributed by atoms with Gasteiger partial charge in [-0.25, -0.2) is 22.5 Å². The summed E-state index contributed by atoms with van der Waals surface area (Å²) in [4.78, 5) is 26.6. The van der Waals surface area contributed by atoms with Crippen LogP contribution in [0.2, 0.25) is 13.1 Å². The van der Waals surface area contributed by atoms with Crippen molar-refractivity contribution in [2.24, 2.45) is 0 Å². The van der Waals surface area contributed by atoms with Crippen molar-refractivity contribution >= 4 is 53.8 Å². The number of rotatable bonds is 16. The van der Waals surface area contributed by atoms with E-state index in [0.29, 0.717) is 22.0 Å². The monoisotopic (exact) mass is 768 g/mol. The number of carboxylic acid groups (broad SMARTS) is 1. The predicted molar refractivity (Wildman–Crippen MR) is 195 cm³/mol. The number of allylic oxidation sites excluding steroid dienone is 5. The topological polar surface area (TPSA) is 91.1 Å². The Bertz CT molecular complexity index is 2380. The van der Waals surface area contributed by atoms with Crippen LogP contribution in [0.25, 0.3) is 5.57 Å².